The molecule has 0 amide bonds. The van der Waals surface area contributed by atoms with Gasteiger partial charge in [0.2, 0.25) is 0 Å². The lowest BCUT2D eigenvalue weighted by Crippen LogP contribution is -2.40. The Hall–Kier alpha value is -0.800. The van der Waals surface area contributed by atoms with Crippen molar-refractivity contribution in [3.8, 4) is 6.07 Å². The number of halogens is 3. The number of rotatable bonds is 4. The Kier molecular flexibility index (Phi) is 4.36. The largest absolute Gasteiger partial charge is 0.401 e. The highest BCUT2D eigenvalue weighted by molar-refractivity contribution is 5.01. The molecule has 1 atom stereocenters. The summed E-state index contributed by atoms with van der Waals surface area (Å²) in [4.78, 5) is 1.10. The fraction of sp³-hybridized carbons (Fsp3) is 0.875. The van der Waals surface area contributed by atoms with Crippen LogP contribution in [-0.4, -0.2) is 36.8 Å². The molecule has 0 fully saturated rings. The lowest BCUT2D eigenvalue weighted by Gasteiger charge is -2.22. The molecule has 2 N–H and O–H groups in total. The maximum Gasteiger partial charge on any atom is 0.401 e. The van der Waals surface area contributed by atoms with Gasteiger partial charge in [0.05, 0.1) is 12.6 Å². The van der Waals surface area contributed by atoms with Crippen LogP contribution in [0.4, 0.5) is 13.2 Å². The maximum atomic E-state index is 11.9. The molecule has 1 unspecified atom stereocenters. The van der Waals surface area contributed by atoms with Crippen LogP contribution in [0.5, 0.6) is 0 Å². The lowest BCUT2D eigenvalue weighted by molar-refractivity contribution is -0.143. The second kappa shape index (κ2) is 4.62. The van der Waals surface area contributed by atoms with Crippen molar-refractivity contribution in [2.45, 2.75) is 25.1 Å². The maximum absolute atomic E-state index is 11.9. The number of hydrogen-bond donors (Lipinski definition) is 1. The van der Waals surface area contributed by atoms with E-state index in [2.05, 4.69) is 0 Å². The van der Waals surface area contributed by atoms with E-state index in [1.807, 2.05) is 6.07 Å². The summed E-state index contributed by atoms with van der Waals surface area (Å²) in [6.45, 7) is 0.670. The molecule has 0 saturated heterocycles. The highest BCUT2D eigenvalue weighted by Gasteiger charge is 2.29. The van der Waals surface area contributed by atoms with Gasteiger partial charge < -0.3 is 5.73 Å². The van der Waals surface area contributed by atoms with Crippen LogP contribution in [-0.2, 0) is 0 Å². The van der Waals surface area contributed by atoms with E-state index in [0.717, 1.165) is 4.90 Å². The predicted molar refractivity (Wildman–Crippen MR) is 46.4 cm³/mol. The van der Waals surface area contributed by atoms with E-state index in [1.54, 1.807) is 0 Å². The van der Waals surface area contributed by atoms with Gasteiger partial charge in [-0.1, -0.05) is 0 Å². The summed E-state index contributed by atoms with van der Waals surface area (Å²) in [5.41, 5.74) is 4.40. The van der Waals surface area contributed by atoms with Gasteiger partial charge in [0, 0.05) is 6.54 Å². The van der Waals surface area contributed by atoms with Crippen LogP contribution in [0.2, 0.25) is 0 Å². The first kappa shape index (κ1) is 13.2. The summed E-state index contributed by atoms with van der Waals surface area (Å²) in [5.74, 6) is 0. The van der Waals surface area contributed by atoms with Gasteiger partial charge in [-0.3, -0.25) is 4.90 Å². The monoisotopic (exact) mass is 209 g/mol. The number of alkyl halides is 3. The van der Waals surface area contributed by atoms with Crippen LogP contribution in [0.25, 0.3) is 0 Å². The molecule has 0 spiro atoms. The Labute approximate surface area is 81.3 Å². The minimum atomic E-state index is -4.20. The molecular formula is C8H14F3N3. The van der Waals surface area contributed by atoms with Crippen molar-refractivity contribution in [1.82, 2.24) is 4.90 Å². The average Bonchev–Trinajstić information content (AvgIpc) is 1.98. The van der Waals surface area contributed by atoms with Gasteiger partial charge in [-0.25, -0.2) is 0 Å². The summed E-state index contributed by atoms with van der Waals surface area (Å²) in [6.07, 6.45) is -3.98. The standard InChI is InChI=1S/C8H14F3N3/c1-7(13,5-12)3-4-14(2)6-8(9,10)11/h3-4,6,13H2,1-2H3. The quantitative estimate of drug-likeness (QED) is 0.754. The van der Waals surface area contributed by atoms with Gasteiger partial charge in [-0.15, -0.1) is 0 Å². The van der Waals surface area contributed by atoms with Crippen LogP contribution in [0, 0.1) is 11.3 Å². The van der Waals surface area contributed by atoms with E-state index < -0.39 is 18.3 Å². The molecule has 0 aliphatic carbocycles. The Morgan fingerprint density at radius 3 is 2.29 bits per heavy atom. The van der Waals surface area contributed by atoms with Crippen LogP contribution < -0.4 is 5.73 Å². The fourth-order valence-corrected chi connectivity index (χ4v) is 0.864. The average molecular weight is 209 g/mol. The zero-order valence-electron chi connectivity index (χ0n) is 8.23. The molecule has 0 bridgehead atoms. The van der Waals surface area contributed by atoms with Crippen molar-refractivity contribution in [3.05, 3.63) is 0 Å². The van der Waals surface area contributed by atoms with Crippen molar-refractivity contribution in [2.75, 3.05) is 20.1 Å². The molecule has 14 heavy (non-hydrogen) atoms. The Bertz CT molecular complexity index is 217. The molecule has 0 aromatic heterocycles. The molecule has 3 nitrogen and oxygen atoms in total. The molecule has 0 saturated carbocycles. The molecule has 0 aliphatic rings. The van der Waals surface area contributed by atoms with Crippen molar-refractivity contribution in [1.29, 1.82) is 5.26 Å². The number of nitrogens with zero attached hydrogens (tertiary/aromatic N) is 2. The second-order valence-electron chi connectivity index (χ2n) is 3.63. The zero-order valence-corrected chi connectivity index (χ0v) is 8.23. The van der Waals surface area contributed by atoms with E-state index in [4.69, 9.17) is 11.0 Å². The first-order chi connectivity index (χ1) is 6.16. The highest BCUT2D eigenvalue weighted by Crippen LogP contribution is 2.16. The van der Waals surface area contributed by atoms with Gasteiger partial charge in [0.1, 0.15) is 5.54 Å². The molecule has 82 valence electrons. The van der Waals surface area contributed by atoms with E-state index >= 15 is 0 Å². The van der Waals surface area contributed by atoms with Crippen LogP contribution in [0.1, 0.15) is 13.3 Å². The summed E-state index contributed by atoms with van der Waals surface area (Å²) >= 11 is 0. The number of nitriles is 1. The second-order valence-corrected chi connectivity index (χ2v) is 3.63. The summed E-state index contributed by atoms with van der Waals surface area (Å²) in [6, 6.07) is 1.83. The topological polar surface area (TPSA) is 53.0 Å². The van der Waals surface area contributed by atoms with Gasteiger partial charge in [0.25, 0.3) is 0 Å². The van der Waals surface area contributed by atoms with Gasteiger partial charge in [-0.05, 0) is 20.4 Å². The van der Waals surface area contributed by atoms with Crippen LogP contribution in [0.3, 0.4) is 0 Å². The molecule has 0 heterocycles. The van der Waals surface area contributed by atoms with E-state index in [9.17, 15) is 13.2 Å². The number of hydrogen-bond acceptors (Lipinski definition) is 3. The normalized spacial score (nSPS) is 16.4. The Balaban J connectivity index is 3.88. The third-order valence-corrected chi connectivity index (χ3v) is 1.72. The van der Waals surface area contributed by atoms with E-state index in [-0.39, 0.29) is 13.0 Å². The fourth-order valence-electron chi connectivity index (χ4n) is 0.864. The van der Waals surface area contributed by atoms with Crippen LogP contribution in [0.15, 0.2) is 0 Å². The first-order valence-electron chi connectivity index (χ1n) is 4.12. The highest BCUT2D eigenvalue weighted by atomic mass is 19.4. The van der Waals surface area contributed by atoms with Gasteiger partial charge in [0.15, 0.2) is 0 Å². The van der Waals surface area contributed by atoms with Crippen molar-refractivity contribution in [2.24, 2.45) is 5.73 Å². The minimum absolute atomic E-state index is 0.153. The SMILES string of the molecule is CN(CCC(C)(N)C#N)CC(F)(F)F. The van der Waals surface area contributed by atoms with Crippen molar-refractivity contribution >= 4 is 0 Å². The molecule has 0 rings (SSSR count). The Morgan fingerprint density at radius 1 is 1.43 bits per heavy atom. The Morgan fingerprint density at radius 2 is 1.93 bits per heavy atom. The smallest absolute Gasteiger partial charge is 0.314 e. The van der Waals surface area contributed by atoms with Gasteiger partial charge in [-0.2, -0.15) is 18.4 Å². The molecular weight excluding hydrogens is 195 g/mol. The van der Waals surface area contributed by atoms with E-state index in [1.165, 1.54) is 14.0 Å². The minimum Gasteiger partial charge on any atom is -0.314 e. The van der Waals surface area contributed by atoms with Crippen LogP contribution >= 0.6 is 0 Å². The lowest BCUT2D eigenvalue weighted by atomic mass is 10.0. The third kappa shape index (κ3) is 6.69. The third-order valence-electron chi connectivity index (χ3n) is 1.72. The molecule has 6 heteroatoms. The molecule has 0 aliphatic heterocycles. The predicted octanol–water partition coefficient (Wildman–Crippen LogP) is 1.11. The summed E-state index contributed by atoms with van der Waals surface area (Å²) < 4.78 is 35.6. The molecule has 0 aromatic carbocycles. The first-order valence-corrected chi connectivity index (χ1v) is 4.12. The molecule has 0 aromatic rings. The van der Waals surface area contributed by atoms with Gasteiger partial charge >= 0.3 is 6.18 Å². The molecule has 0 radical (unpaired) electrons. The van der Waals surface area contributed by atoms with Crippen molar-refractivity contribution < 1.29 is 13.2 Å². The van der Waals surface area contributed by atoms with E-state index in [0.29, 0.717) is 0 Å². The van der Waals surface area contributed by atoms with Crippen molar-refractivity contribution in [3.63, 3.8) is 0 Å². The zero-order chi connectivity index (χ0) is 11.4. The summed E-state index contributed by atoms with van der Waals surface area (Å²) in [5, 5.41) is 8.52. The summed E-state index contributed by atoms with van der Waals surface area (Å²) in [7, 11) is 1.35. The number of nitrogens with two attached hydrogens (primary N) is 1.